The number of nitrogens with one attached hydrogen (secondary N) is 1. The minimum Gasteiger partial charge on any atom is -0.480 e. The molecule has 24 heavy (non-hydrogen) atoms. The topological polar surface area (TPSA) is 104 Å². The maximum absolute atomic E-state index is 11.5. The monoisotopic (exact) mass is 359 g/mol. The van der Waals surface area contributed by atoms with Gasteiger partial charge in [0.1, 0.15) is 5.54 Å². The zero-order valence-corrected chi connectivity index (χ0v) is 15.9. The molecule has 7 heteroatoms. The van der Waals surface area contributed by atoms with Crippen molar-refractivity contribution < 1.29 is 22.9 Å². The Labute approximate surface area is 145 Å². The molecule has 1 atom stereocenters. The number of aliphatic carboxylic acids is 1. The second-order valence-corrected chi connectivity index (χ2v) is 8.74. The van der Waals surface area contributed by atoms with Gasteiger partial charge in [-0.25, -0.2) is 0 Å². The second-order valence-electron chi connectivity index (χ2n) is 7.27. The summed E-state index contributed by atoms with van der Waals surface area (Å²) in [5, 5.41) is 12.6. The Morgan fingerprint density at radius 1 is 1.08 bits per heavy atom. The van der Waals surface area contributed by atoms with Crippen LogP contribution < -0.4 is 5.32 Å². The maximum Gasteiger partial charge on any atom is 0.323 e. The molecule has 0 aliphatic carbocycles. The minimum absolute atomic E-state index is 0.144. The Balaban J connectivity index is 0.000000922. The molecular formula is C17H29NO5S. The second kappa shape index (κ2) is 9.15. The third-order valence-electron chi connectivity index (χ3n) is 3.37. The van der Waals surface area contributed by atoms with Crippen molar-refractivity contribution in [1.29, 1.82) is 0 Å². The SMILES string of the molecule is CC(C)(C)CC[C@@](C)(NCc1ccccc1)C(=O)O.CS(=O)(=O)O. The number of hydrogen-bond acceptors (Lipinski definition) is 4. The van der Waals surface area contributed by atoms with Gasteiger partial charge < -0.3 is 5.11 Å². The molecule has 3 N–H and O–H groups in total. The van der Waals surface area contributed by atoms with E-state index >= 15 is 0 Å². The largest absolute Gasteiger partial charge is 0.480 e. The predicted molar refractivity (Wildman–Crippen MR) is 95.5 cm³/mol. The summed E-state index contributed by atoms with van der Waals surface area (Å²) in [6.07, 6.45) is 2.21. The van der Waals surface area contributed by atoms with Crippen LogP contribution in [0.2, 0.25) is 0 Å². The normalized spacial score (nSPS) is 14.2. The molecule has 6 nitrogen and oxygen atoms in total. The molecule has 1 aromatic rings. The van der Waals surface area contributed by atoms with Crippen molar-refractivity contribution >= 4 is 16.1 Å². The van der Waals surface area contributed by atoms with Gasteiger partial charge in [0.15, 0.2) is 0 Å². The molecule has 138 valence electrons. The van der Waals surface area contributed by atoms with Gasteiger partial charge >= 0.3 is 5.97 Å². The molecule has 0 aliphatic heterocycles. The molecule has 1 rings (SSSR count). The zero-order valence-electron chi connectivity index (χ0n) is 15.0. The fourth-order valence-corrected chi connectivity index (χ4v) is 1.79. The summed E-state index contributed by atoms with van der Waals surface area (Å²) < 4.78 is 25.9. The van der Waals surface area contributed by atoms with Crippen molar-refractivity contribution in [2.75, 3.05) is 6.26 Å². The smallest absolute Gasteiger partial charge is 0.323 e. The molecule has 0 radical (unpaired) electrons. The Morgan fingerprint density at radius 3 is 1.92 bits per heavy atom. The number of carboxylic acid groups (broad SMARTS) is 1. The van der Waals surface area contributed by atoms with E-state index in [0.717, 1.165) is 12.0 Å². The van der Waals surface area contributed by atoms with Gasteiger partial charge in [-0.15, -0.1) is 0 Å². The Hall–Kier alpha value is -1.44. The first-order chi connectivity index (χ1) is 10.7. The highest BCUT2D eigenvalue weighted by molar-refractivity contribution is 7.85. The molecule has 0 aliphatic rings. The molecule has 0 bridgehead atoms. The van der Waals surface area contributed by atoms with Crippen LogP contribution in [0.1, 0.15) is 46.1 Å². The highest BCUT2D eigenvalue weighted by Gasteiger charge is 2.33. The van der Waals surface area contributed by atoms with Crippen molar-refractivity contribution in [3.8, 4) is 0 Å². The fourth-order valence-electron chi connectivity index (χ4n) is 1.79. The number of hydrogen-bond donors (Lipinski definition) is 3. The van der Waals surface area contributed by atoms with Gasteiger partial charge in [-0.2, -0.15) is 8.42 Å². The van der Waals surface area contributed by atoms with Crippen LogP contribution in [-0.4, -0.2) is 35.8 Å². The summed E-state index contributed by atoms with van der Waals surface area (Å²) in [6.45, 7) is 8.74. The van der Waals surface area contributed by atoms with Crippen LogP contribution in [0.3, 0.4) is 0 Å². The fraction of sp³-hybridized carbons (Fsp3) is 0.588. The summed E-state index contributed by atoms with van der Waals surface area (Å²) in [6, 6.07) is 9.88. The van der Waals surface area contributed by atoms with Crippen molar-refractivity contribution in [3.05, 3.63) is 35.9 Å². The van der Waals surface area contributed by atoms with E-state index in [9.17, 15) is 18.3 Å². The molecular weight excluding hydrogens is 330 g/mol. The standard InChI is InChI=1S/C16H25NO2.CH4O3S/c1-15(2,3)10-11-16(4,14(18)19)17-12-13-8-6-5-7-9-13;1-5(2,3)4/h5-9,17H,10-12H2,1-4H3,(H,18,19);1H3,(H,2,3,4)/t16-;/m1./s1. The van der Waals surface area contributed by atoms with E-state index in [1.54, 1.807) is 6.92 Å². The lowest BCUT2D eigenvalue weighted by atomic mass is 9.84. The van der Waals surface area contributed by atoms with Crippen molar-refractivity contribution in [1.82, 2.24) is 5.32 Å². The lowest BCUT2D eigenvalue weighted by molar-refractivity contribution is -0.144. The van der Waals surface area contributed by atoms with Crippen molar-refractivity contribution in [3.63, 3.8) is 0 Å². The number of rotatable bonds is 6. The maximum atomic E-state index is 11.5. The van der Waals surface area contributed by atoms with Crippen LogP contribution >= 0.6 is 0 Å². The zero-order chi connectivity index (χ0) is 19.0. The van der Waals surface area contributed by atoms with Crippen LogP contribution in [0.15, 0.2) is 30.3 Å². The summed E-state index contributed by atoms with van der Waals surface area (Å²) in [4.78, 5) is 11.5. The van der Waals surface area contributed by atoms with Gasteiger partial charge in [0.05, 0.1) is 6.26 Å². The molecule has 0 saturated carbocycles. The average molecular weight is 359 g/mol. The Bertz CT molecular complexity index is 600. The van der Waals surface area contributed by atoms with Crippen LogP contribution in [0.5, 0.6) is 0 Å². The highest BCUT2D eigenvalue weighted by Crippen LogP contribution is 2.26. The first kappa shape index (κ1) is 22.6. The number of benzene rings is 1. The first-order valence-corrected chi connectivity index (χ1v) is 9.53. The van der Waals surface area contributed by atoms with Crippen molar-refractivity contribution in [2.45, 2.75) is 52.6 Å². The molecule has 0 fully saturated rings. The molecule has 0 unspecified atom stereocenters. The summed E-state index contributed by atoms with van der Waals surface area (Å²) in [7, 11) is -3.67. The van der Waals surface area contributed by atoms with Crippen LogP contribution in [0.25, 0.3) is 0 Å². The van der Waals surface area contributed by atoms with Gasteiger partial charge in [-0.1, -0.05) is 51.1 Å². The molecule has 0 heterocycles. The van der Waals surface area contributed by atoms with Gasteiger partial charge in [-0.3, -0.25) is 14.7 Å². The van der Waals surface area contributed by atoms with E-state index in [2.05, 4.69) is 26.1 Å². The average Bonchev–Trinajstić information content (AvgIpc) is 2.41. The third-order valence-corrected chi connectivity index (χ3v) is 3.37. The van der Waals surface area contributed by atoms with E-state index in [1.165, 1.54) is 0 Å². The molecule has 0 aromatic heterocycles. The number of carbonyl (C=O) groups is 1. The molecule has 0 saturated heterocycles. The highest BCUT2D eigenvalue weighted by atomic mass is 32.2. The Morgan fingerprint density at radius 2 is 1.54 bits per heavy atom. The minimum atomic E-state index is -3.67. The van der Waals surface area contributed by atoms with E-state index in [-0.39, 0.29) is 5.41 Å². The van der Waals surface area contributed by atoms with E-state index in [1.807, 2.05) is 30.3 Å². The molecule has 0 spiro atoms. The van der Waals surface area contributed by atoms with Gasteiger partial charge in [-0.05, 0) is 30.7 Å². The van der Waals surface area contributed by atoms with E-state index in [0.29, 0.717) is 19.2 Å². The van der Waals surface area contributed by atoms with Gasteiger partial charge in [0.25, 0.3) is 10.1 Å². The van der Waals surface area contributed by atoms with Crippen LogP contribution in [-0.2, 0) is 21.5 Å². The van der Waals surface area contributed by atoms with Gasteiger partial charge in [0, 0.05) is 6.54 Å². The van der Waals surface area contributed by atoms with Gasteiger partial charge in [0.2, 0.25) is 0 Å². The number of carboxylic acids is 1. The quantitative estimate of drug-likeness (QED) is 0.675. The lowest BCUT2D eigenvalue weighted by Crippen LogP contribution is -2.49. The summed E-state index contributed by atoms with van der Waals surface area (Å²) in [5.74, 6) is -0.785. The van der Waals surface area contributed by atoms with Crippen LogP contribution in [0.4, 0.5) is 0 Å². The first-order valence-electron chi connectivity index (χ1n) is 7.68. The van der Waals surface area contributed by atoms with Crippen molar-refractivity contribution in [2.24, 2.45) is 5.41 Å². The lowest BCUT2D eigenvalue weighted by Gasteiger charge is -2.30. The predicted octanol–water partition coefficient (Wildman–Crippen LogP) is 2.95. The summed E-state index contributed by atoms with van der Waals surface area (Å²) in [5.41, 5.74) is 0.375. The van der Waals surface area contributed by atoms with Crippen LogP contribution in [0, 0.1) is 5.41 Å². The Kier molecular flexibility index (Phi) is 8.60. The van der Waals surface area contributed by atoms with E-state index in [4.69, 9.17) is 4.55 Å². The molecule has 0 amide bonds. The van der Waals surface area contributed by atoms with E-state index < -0.39 is 21.6 Å². The summed E-state index contributed by atoms with van der Waals surface area (Å²) >= 11 is 0. The molecule has 1 aromatic carbocycles. The third kappa shape index (κ3) is 12.0.